The maximum atomic E-state index is 12.2. The highest BCUT2D eigenvalue weighted by molar-refractivity contribution is 5.38. The number of rotatable bonds is 1. The first-order chi connectivity index (χ1) is 6.06. The van der Waals surface area contributed by atoms with Crippen LogP contribution >= 0.6 is 0 Å². The smallest absolute Gasteiger partial charge is 0.278 e. The Balaban J connectivity index is 3.47. The van der Waals surface area contributed by atoms with Gasteiger partial charge in [-0.25, -0.2) is 8.78 Å². The molecule has 0 fully saturated rings. The van der Waals surface area contributed by atoms with Crippen molar-refractivity contribution in [2.75, 3.05) is 0 Å². The summed E-state index contributed by atoms with van der Waals surface area (Å²) in [5.74, 6) is 0. The molecule has 5 heteroatoms. The molecule has 0 aromatic carbocycles. The molecule has 13 heavy (non-hydrogen) atoms. The van der Waals surface area contributed by atoms with Crippen molar-refractivity contribution in [1.82, 2.24) is 4.98 Å². The molecule has 68 valence electrons. The van der Waals surface area contributed by atoms with Gasteiger partial charge in [-0.3, -0.25) is 4.79 Å². The average molecular weight is 184 g/mol. The summed E-state index contributed by atoms with van der Waals surface area (Å²) < 4.78 is 24.5. The van der Waals surface area contributed by atoms with Gasteiger partial charge in [0.25, 0.3) is 6.43 Å². The van der Waals surface area contributed by atoms with Crippen LogP contribution in [0.4, 0.5) is 8.78 Å². The van der Waals surface area contributed by atoms with Crippen molar-refractivity contribution in [2.45, 2.75) is 13.3 Å². The molecule has 0 unspecified atom stereocenters. The Hall–Kier alpha value is -1.70. The Morgan fingerprint density at radius 1 is 1.62 bits per heavy atom. The number of halogens is 2. The number of hydrogen-bond donors (Lipinski definition) is 1. The topological polar surface area (TPSA) is 56.6 Å². The summed E-state index contributed by atoms with van der Waals surface area (Å²) in [7, 11) is 0. The molecule has 1 rings (SSSR count). The van der Waals surface area contributed by atoms with Gasteiger partial charge in [0.2, 0.25) is 5.56 Å². The van der Waals surface area contributed by atoms with Gasteiger partial charge in [0.15, 0.2) is 0 Å². The van der Waals surface area contributed by atoms with Crippen LogP contribution in [0.15, 0.2) is 10.9 Å². The van der Waals surface area contributed by atoms with Crippen LogP contribution in [0, 0.1) is 18.3 Å². The first-order valence-electron chi connectivity index (χ1n) is 3.48. The molecule has 0 radical (unpaired) electrons. The third kappa shape index (κ3) is 1.72. The van der Waals surface area contributed by atoms with Gasteiger partial charge in [-0.1, -0.05) is 0 Å². The van der Waals surface area contributed by atoms with Crippen LogP contribution in [-0.2, 0) is 0 Å². The summed E-state index contributed by atoms with van der Waals surface area (Å²) in [5.41, 5.74) is -1.06. The number of nitrogens with one attached hydrogen (secondary N) is 1. The second-order valence-corrected chi connectivity index (χ2v) is 2.50. The zero-order chi connectivity index (χ0) is 10.0. The number of H-pyrrole nitrogens is 1. The maximum absolute atomic E-state index is 12.2. The van der Waals surface area contributed by atoms with E-state index in [4.69, 9.17) is 5.26 Å². The summed E-state index contributed by atoms with van der Waals surface area (Å²) in [4.78, 5) is 12.8. The van der Waals surface area contributed by atoms with Crippen LogP contribution in [0.3, 0.4) is 0 Å². The van der Waals surface area contributed by atoms with Gasteiger partial charge < -0.3 is 4.98 Å². The first kappa shape index (κ1) is 9.39. The van der Waals surface area contributed by atoms with Crippen LogP contribution in [0.5, 0.6) is 0 Å². The third-order valence-corrected chi connectivity index (χ3v) is 1.68. The zero-order valence-corrected chi connectivity index (χ0v) is 6.77. The van der Waals surface area contributed by atoms with Crippen LogP contribution in [-0.4, -0.2) is 4.98 Å². The molecule has 0 saturated heterocycles. The Labute approximate surface area is 72.6 Å². The van der Waals surface area contributed by atoms with Crippen molar-refractivity contribution in [1.29, 1.82) is 5.26 Å². The second kappa shape index (κ2) is 3.35. The number of hydrogen-bond acceptors (Lipinski definition) is 2. The molecule has 0 aliphatic carbocycles. The predicted molar refractivity (Wildman–Crippen MR) is 41.5 cm³/mol. The zero-order valence-electron chi connectivity index (χ0n) is 6.77. The highest BCUT2D eigenvalue weighted by atomic mass is 19.3. The van der Waals surface area contributed by atoms with Crippen LogP contribution in [0.1, 0.15) is 23.2 Å². The van der Waals surface area contributed by atoms with Gasteiger partial charge in [0, 0.05) is 6.07 Å². The van der Waals surface area contributed by atoms with E-state index in [0.717, 1.165) is 6.07 Å². The van der Waals surface area contributed by atoms with E-state index in [9.17, 15) is 13.6 Å². The fourth-order valence-electron chi connectivity index (χ4n) is 0.981. The molecule has 0 bridgehead atoms. The minimum absolute atomic E-state index is 0.0148. The monoisotopic (exact) mass is 184 g/mol. The standard InChI is InChI=1S/C8H6F2N2O/c1-4-5(3-11)2-6(13)12-7(4)8(9)10/h2,8H,1H3,(H,12,13). The summed E-state index contributed by atoms with van der Waals surface area (Å²) in [6.07, 6.45) is -2.76. The molecular formula is C8H6F2N2O. The molecule has 0 spiro atoms. The second-order valence-electron chi connectivity index (χ2n) is 2.50. The molecular weight excluding hydrogens is 178 g/mol. The maximum Gasteiger partial charge on any atom is 0.278 e. The van der Waals surface area contributed by atoms with E-state index in [1.165, 1.54) is 6.92 Å². The van der Waals surface area contributed by atoms with E-state index in [1.54, 1.807) is 6.07 Å². The van der Waals surface area contributed by atoms with Crippen molar-refractivity contribution in [3.63, 3.8) is 0 Å². The number of aromatic amines is 1. The minimum Gasteiger partial charge on any atom is -0.321 e. The normalized spacial score (nSPS) is 10.1. The van der Waals surface area contributed by atoms with Crippen molar-refractivity contribution in [3.8, 4) is 6.07 Å². The molecule has 0 saturated carbocycles. The Morgan fingerprint density at radius 3 is 2.69 bits per heavy atom. The van der Waals surface area contributed by atoms with Gasteiger partial charge >= 0.3 is 0 Å². The summed E-state index contributed by atoms with van der Waals surface area (Å²) in [6, 6.07) is 2.68. The highest BCUT2D eigenvalue weighted by Gasteiger charge is 2.14. The average Bonchev–Trinajstić information content (AvgIpc) is 2.08. The van der Waals surface area contributed by atoms with Crippen LogP contribution in [0.2, 0.25) is 0 Å². The van der Waals surface area contributed by atoms with Gasteiger partial charge in [0.05, 0.1) is 17.3 Å². The number of pyridine rings is 1. The highest BCUT2D eigenvalue weighted by Crippen LogP contribution is 2.20. The quantitative estimate of drug-likeness (QED) is 0.718. The molecule has 1 heterocycles. The lowest BCUT2D eigenvalue weighted by Gasteiger charge is -2.04. The minimum atomic E-state index is -2.76. The van der Waals surface area contributed by atoms with E-state index in [0.29, 0.717) is 0 Å². The van der Waals surface area contributed by atoms with Gasteiger partial charge in [-0.15, -0.1) is 0 Å². The van der Waals surface area contributed by atoms with E-state index in [1.807, 2.05) is 4.98 Å². The number of alkyl halides is 2. The van der Waals surface area contributed by atoms with Crippen molar-refractivity contribution >= 4 is 0 Å². The SMILES string of the molecule is Cc1c(C#N)cc(=O)[nH]c1C(F)F. The van der Waals surface area contributed by atoms with E-state index < -0.39 is 17.7 Å². The Morgan fingerprint density at radius 2 is 2.23 bits per heavy atom. The molecule has 3 nitrogen and oxygen atoms in total. The molecule has 0 atom stereocenters. The lowest BCUT2D eigenvalue weighted by atomic mass is 10.1. The molecule has 1 aromatic rings. The third-order valence-electron chi connectivity index (χ3n) is 1.68. The van der Waals surface area contributed by atoms with Crippen molar-refractivity contribution in [3.05, 3.63) is 33.2 Å². The molecule has 0 aliphatic heterocycles. The van der Waals surface area contributed by atoms with Gasteiger partial charge in [-0.2, -0.15) is 5.26 Å². The Bertz CT molecular complexity index is 417. The summed E-state index contributed by atoms with van der Waals surface area (Å²) in [6.45, 7) is 1.37. The van der Waals surface area contributed by atoms with E-state index in [-0.39, 0.29) is 11.1 Å². The van der Waals surface area contributed by atoms with Crippen LogP contribution in [0.25, 0.3) is 0 Å². The van der Waals surface area contributed by atoms with Crippen molar-refractivity contribution < 1.29 is 8.78 Å². The summed E-state index contributed by atoms with van der Waals surface area (Å²) >= 11 is 0. The number of aromatic nitrogens is 1. The molecule has 1 N–H and O–H groups in total. The van der Waals surface area contributed by atoms with Crippen LogP contribution < -0.4 is 5.56 Å². The first-order valence-corrected chi connectivity index (χ1v) is 3.48. The molecule has 1 aromatic heterocycles. The lowest BCUT2D eigenvalue weighted by Crippen LogP contribution is -2.11. The van der Waals surface area contributed by atoms with Crippen molar-refractivity contribution in [2.24, 2.45) is 0 Å². The number of nitrogens with zero attached hydrogens (tertiary/aromatic N) is 1. The molecule has 0 amide bonds. The lowest BCUT2D eigenvalue weighted by molar-refractivity contribution is 0.145. The fraction of sp³-hybridized carbons (Fsp3) is 0.250. The molecule has 0 aliphatic rings. The fourth-order valence-corrected chi connectivity index (χ4v) is 0.981. The van der Waals surface area contributed by atoms with E-state index in [2.05, 4.69) is 0 Å². The number of nitriles is 1. The predicted octanol–water partition coefficient (Wildman–Crippen LogP) is 1.49. The van der Waals surface area contributed by atoms with E-state index >= 15 is 0 Å². The van der Waals surface area contributed by atoms with Gasteiger partial charge in [0.1, 0.15) is 0 Å². The summed E-state index contributed by atoms with van der Waals surface area (Å²) in [5, 5.41) is 8.50. The largest absolute Gasteiger partial charge is 0.321 e. The van der Waals surface area contributed by atoms with Gasteiger partial charge in [-0.05, 0) is 12.5 Å². The Kier molecular flexibility index (Phi) is 2.42.